The third kappa shape index (κ3) is 4.24. The Morgan fingerprint density at radius 2 is 1.33 bits per heavy atom. The third-order valence-corrected chi connectivity index (χ3v) is 2.65. The minimum Gasteiger partial charge on any atom is -0.445 e. The van der Waals surface area contributed by atoms with Crippen LogP contribution in [0.15, 0.2) is 54.6 Å². The first-order valence-electron chi connectivity index (χ1n) is 5.39. The van der Waals surface area contributed by atoms with Gasteiger partial charge in [-0.05, 0) is 12.0 Å². The van der Waals surface area contributed by atoms with Gasteiger partial charge in [0.05, 0.1) is 0 Å². The summed E-state index contributed by atoms with van der Waals surface area (Å²) in [6.45, 7) is -4.94. The predicted molar refractivity (Wildman–Crippen MR) is 64.4 cm³/mol. The van der Waals surface area contributed by atoms with Crippen LogP contribution in [0.25, 0.3) is 0 Å². The van der Waals surface area contributed by atoms with E-state index >= 15 is 0 Å². The Balaban J connectivity index is 0.00000162. The molecule has 18 heavy (non-hydrogen) atoms. The zero-order valence-corrected chi connectivity index (χ0v) is 13.2. The van der Waals surface area contributed by atoms with Crippen molar-refractivity contribution >= 4 is 12.4 Å². The van der Waals surface area contributed by atoms with E-state index in [2.05, 4.69) is 0 Å². The summed E-state index contributed by atoms with van der Waals surface area (Å²) in [6.07, 6.45) is 0.318. The monoisotopic (exact) mass is 274 g/mol. The maximum absolute atomic E-state index is 12.8. The van der Waals surface area contributed by atoms with E-state index in [1.165, 1.54) is 12.1 Å². The second-order valence-corrected chi connectivity index (χ2v) is 3.94. The van der Waals surface area contributed by atoms with Gasteiger partial charge in [0.1, 0.15) is 0 Å². The Bertz CT molecular complexity index is 497. The van der Waals surface area contributed by atoms with Crippen molar-refractivity contribution in [2.45, 2.75) is 6.42 Å². The average molecular weight is 274 g/mol. The number of rotatable bonds is 3. The number of hydrogen-bond donors (Lipinski definition) is 0. The summed E-state index contributed by atoms with van der Waals surface area (Å²) in [5, 5.41) is 0. The van der Waals surface area contributed by atoms with Gasteiger partial charge in [-0.15, -0.1) is 5.46 Å². The van der Waals surface area contributed by atoms with Crippen molar-refractivity contribution in [3.05, 3.63) is 65.7 Å². The van der Waals surface area contributed by atoms with Gasteiger partial charge in [-0.25, -0.2) is 0 Å². The summed E-state index contributed by atoms with van der Waals surface area (Å²) in [4.78, 5) is 0. The Labute approximate surface area is 147 Å². The molecule has 0 bridgehead atoms. The molecular formula is C13H11BF3K. The first-order valence-corrected chi connectivity index (χ1v) is 5.39. The van der Waals surface area contributed by atoms with Crippen molar-refractivity contribution in [2.24, 2.45) is 0 Å². The summed E-state index contributed by atoms with van der Waals surface area (Å²) in [7, 11) is 0. The van der Waals surface area contributed by atoms with Gasteiger partial charge in [-0.2, -0.15) is 0 Å². The summed E-state index contributed by atoms with van der Waals surface area (Å²) in [6, 6.07) is 14.9. The standard InChI is InChI=1S/C13H11BF3.K/c15-14(16,17)13-9-5-4-8-12(13)10-11-6-2-1-3-7-11;/h1-9H,10H2;/q-1;+1. The second kappa shape index (κ2) is 6.91. The minimum atomic E-state index is -4.94. The molecule has 0 heterocycles. The number of hydrogen-bond acceptors (Lipinski definition) is 0. The SMILES string of the molecule is F[B-](F)(F)c1ccccc1Cc1ccccc1.[K+]. The molecule has 0 fully saturated rings. The molecule has 0 saturated heterocycles. The molecule has 0 amide bonds. The van der Waals surface area contributed by atoms with Crippen molar-refractivity contribution in [3.8, 4) is 0 Å². The van der Waals surface area contributed by atoms with Crippen molar-refractivity contribution < 1.29 is 64.3 Å². The van der Waals surface area contributed by atoms with Crippen LogP contribution < -0.4 is 56.8 Å². The van der Waals surface area contributed by atoms with E-state index in [4.69, 9.17) is 0 Å². The van der Waals surface area contributed by atoms with Crippen molar-refractivity contribution in [1.82, 2.24) is 0 Å². The Hall–Kier alpha value is -0.0687. The summed E-state index contributed by atoms with van der Waals surface area (Å²) < 4.78 is 38.4. The summed E-state index contributed by atoms with van der Waals surface area (Å²) >= 11 is 0. The third-order valence-electron chi connectivity index (χ3n) is 2.65. The maximum Gasteiger partial charge on any atom is 1.00 e. The van der Waals surface area contributed by atoms with E-state index < -0.39 is 12.4 Å². The maximum atomic E-state index is 12.8. The molecule has 0 nitrogen and oxygen atoms in total. The average Bonchev–Trinajstić information content (AvgIpc) is 2.30. The quantitative estimate of drug-likeness (QED) is 0.708. The van der Waals surface area contributed by atoms with Gasteiger partial charge >= 0.3 is 58.4 Å². The second-order valence-electron chi connectivity index (χ2n) is 3.94. The molecule has 0 aliphatic rings. The first kappa shape index (κ1) is 16.0. The van der Waals surface area contributed by atoms with Crippen LogP contribution in [0.4, 0.5) is 12.9 Å². The van der Waals surface area contributed by atoms with Crippen molar-refractivity contribution in [1.29, 1.82) is 0 Å². The van der Waals surface area contributed by atoms with Crippen LogP contribution in [0.5, 0.6) is 0 Å². The molecular weight excluding hydrogens is 263 g/mol. The molecule has 0 saturated carbocycles. The van der Waals surface area contributed by atoms with Crippen molar-refractivity contribution in [2.75, 3.05) is 0 Å². The van der Waals surface area contributed by atoms with Gasteiger partial charge < -0.3 is 12.9 Å². The molecule has 0 radical (unpaired) electrons. The molecule has 0 atom stereocenters. The Kier molecular flexibility index (Phi) is 6.14. The van der Waals surface area contributed by atoms with E-state index in [0.717, 1.165) is 11.6 Å². The fourth-order valence-corrected chi connectivity index (χ4v) is 1.83. The van der Waals surface area contributed by atoms with Crippen LogP contribution in [-0.4, -0.2) is 6.98 Å². The van der Waals surface area contributed by atoms with Gasteiger partial charge in [-0.1, -0.05) is 60.2 Å². The van der Waals surface area contributed by atoms with E-state index in [9.17, 15) is 12.9 Å². The number of benzene rings is 2. The molecule has 0 spiro atoms. The normalized spacial score (nSPS) is 10.8. The first-order chi connectivity index (χ1) is 8.07. The van der Waals surface area contributed by atoms with E-state index in [1.807, 2.05) is 30.3 Å². The van der Waals surface area contributed by atoms with Crippen LogP contribution in [0.1, 0.15) is 11.1 Å². The van der Waals surface area contributed by atoms with Crippen LogP contribution in [0.3, 0.4) is 0 Å². The topological polar surface area (TPSA) is 0 Å². The largest absolute Gasteiger partial charge is 1.00 e. The molecule has 5 heteroatoms. The summed E-state index contributed by atoms with van der Waals surface area (Å²) in [5.41, 5.74) is 0.738. The van der Waals surface area contributed by atoms with Crippen LogP contribution >= 0.6 is 0 Å². The summed E-state index contributed by atoms with van der Waals surface area (Å²) in [5.74, 6) is 0. The van der Waals surface area contributed by atoms with Gasteiger partial charge in [0.2, 0.25) is 0 Å². The Morgan fingerprint density at radius 3 is 1.94 bits per heavy atom. The van der Waals surface area contributed by atoms with E-state index in [-0.39, 0.29) is 51.4 Å². The molecule has 0 N–H and O–H groups in total. The fraction of sp³-hybridized carbons (Fsp3) is 0.0769. The molecule has 0 aliphatic carbocycles. The van der Waals surface area contributed by atoms with Crippen LogP contribution in [0.2, 0.25) is 0 Å². The van der Waals surface area contributed by atoms with Crippen LogP contribution in [0, 0.1) is 0 Å². The molecule has 0 aromatic heterocycles. The molecule has 0 aliphatic heterocycles. The van der Waals surface area contributed by atoms with E-state index in [1.54, 1.807) is 6.07 Å². The van der Waals surface area contributed by atoms with Gasteiger partial charge in [0.15, 0.2) is 0 Å². The molecule has 2 rings (SSSR count). The minimum absolute atomic E-state index is 0. The Morgan fingerprint density at radius 1 is 0.778 bits per heavy atom. The van der Waals surface area contributed by atoms with Gasteiger partial charge in [-0.3, -0.25) is 0 Å². The van der Waals surface area contributed by atoms with Gasteiger partial charge in [0, 0.05) is 0 Å². The van der Waals surface area contributed by atoms with E-state index in [0.29, 0.717) is 12.0 Å². The molecule has 2 aromatic carbocycles. The van der Waals surface area contributed by atoms with Crippen molar-refractivity contribution in [3.63, 3.8) is 0 Å². The zero-order chi connectivity index (χ0) is 12.3. The number of halogens is 3. The smallest absolute Gasteiger partial charge is 0.445 e. The molecule has 2 aromatic rings. The van der Waals surface area contributed by atoms with Gasteiger partial charge in [0.25, 0.3) is 0 Å². The fourth-order valence-electron chi connectivity index (χ4n) is 1.83. The zero-order valence-electron chi connectivity index (χ0n) is 10.1. The molecule has 0 unspecified atom stereocenters. The molecule has 88 valence electrons. The van der Waals surface area contributed by atoms with Crippen LogP contribution in [-0.2, 0) is 6.42 Å². The predicted octanol–water partition coefficient (Wildman–Crippen LogP) is 0.336.